The summed E-state index contributed by atoms with van der Waals surface area (Å²) in [5.41, 5.74) is 0. The third-order valence-electron chi connectivity index (χ3n) is 10.3. The van der Waals surface area contributed by atoms with Crippen molar-refractivity contribution in [2.75, 3.05) is 19.8 Å². The van der Waals surface area contributed by atoms with Gasteiger partial charge < -0.3 is 14.6 Å². The molecule has 4 heteroatoms. The molecule has 1 unspecified atom stereocenters. The molecule has 0 radical (unpaired) electrons. The summed E-state index contributed by atoms with van der Waals surface area (Å²) in [6, 6.07) is 0. The van der Waals surface area contributed by atoms with Crippen molar-refractivity contribution in [3.63, 3.8) is 0 Å². The van der Waals surface area contributed by atoms with Gasteiger partial charge in [-0.15, -0.1) is 0 Å². The standard InChI is InChI=1S/C57H94O4/c1-3-5-7-9-11-13-15-17-19-21-23-25-27-29-30-32-34-36-38-40-42-44-46-48-50-52-57(59)61-56(54-58)55-60-53-51-49-47-45-43-41-39-37-35-33-31-28-26-24-22-20-18-16-14-12-10-8-6-4-2/h5-8,11-14,17-20,23-26,29-31,33,56,58H,3-4,9-10,15-16,21-22,27-28,32,34-55H2,1-2H3/b7-5-,8-6-,13-11-,14-12-,19-17-,20-18-,25-23-,26-24-,30-29-,33-31-. The third-order valence-corrected chi connectivity index (χ3v) is 10.3. The largest absolute Gasteiger partial charge is 0.457 e. The zero-order valence-electron chi connectivity index (χ0n) is 39.6. The maximum atomic E-state index is 12.3. The Morgan fingerprint density at radius 2 is 0.689 bits per heavy atom. The molecular formula is C57H94O4. The minimum Gasteiger partial charge on any atom is -0.457 e. The molecule has 61 heavy (non-hydrogen) atoms. The SMILES string of the molecule is CC/C=C\C/C=C\C/C=C\C/C=C\C/C=C\CCCCCCCCCCCC(=O)OC(CO)COCCCCCCCCCC/C=C\C/C=C\C/C=C\C/C=C\C/C=C\CC. The fraction of sp³-hybridized carbons (Fsp3) is 0.632. The van der Waals surface area contributed by atoms with Crippen LogP contribution in [0.3, 0.4) is 0 Å². The number of hydrogen-bond acceptors (Lipinski definition) is 4. The highest BCUT2D eigenvalue weighted by Crippen LogP contribution is 2.13. The fourth-order valence-electron chi connectivity index (χ4n) is 6.62. The first-order chi connectivity index (χ1) is 30.2. The summed E-state index contributed by atoms with van der Waals surface area (Å²) in [6.07, 6.45) is 78.5. The molecule has 0 saturated carbocycles. The molecule has 0 aromatic rings. The normalized spacial score (nSPS) is 13.4. The number of carbonyl (C=O) groups excluding carboxylic acids is 1. The molecule has 0 bridgehead atoms. The van der Waals surface area contributed by atoms with Crippen molar-refractivity contribution < 1.29 is 19.4 Å². The summed E-state index contributed by atoms with van der Waals surface area (Å²) >= 11 is 0. The van der Waals surface area contributed by atoms with Crippen LogP contribution in [0, 0.1) is 0 Å². The quantitative estimate of drug-likeness (QED) is 0.0377. The molecule has 0 aliphatic rings. The van der Waals surface area contributed by atoms with Crippen molar-refractivity contribution in [1.82, 2.24) is 0 Å². The van der Waals surface area contributed by atoms with Crippen LogP contribution >= 0.6 is 0 Å². The monoisotopic (exact) mass is 843 g/mol. The Labute approximate surface area is 377 Å². The Morgan fingerprint density at radius 1 is 0.393 bits per heavy atom. The van der Waals surface area contributed by atoms with Gasteiger partial charge in [0.1, 0.15) is 6.10 Å². The Morgan fingerprint density at radius 3 is 1.03 bits per heavy atom. The molecule has 0 aromatic carbocycles. The Kier molecular flexibility index (Phi) is 50.1. The van der Waals surface area contributed by atoms with Gasteiger partial charge >= 0.3 is 5.97 Å². The molecule has 1 N–H and O–H groups in total. The van der Waals surface area contributed by atoms with Crippen LogP contribution in [-0.4, -0.2) is 37.0 Å². The number of rotatable bonds is 45. The second kappa shape index (κ2) is 52.9. The van der Waals surface area contributed by atoms with Gasteiger partial charge in [0, 0.05) is 13.0 Å². The lowest BCUT2D eigenvalue weighted by Crippen LogP contribution is -2.27. The van der Waals surface area contributed by atoms with Crippen LogP contribution in [0.15, 0.2) is 122 Å². The number of hydrogen-bond donors (Lipinski definition) is 1. The van der Waals surface area contributed by atoms with Crippen molar-refractivity contribution in [2.24, 2.45) is 0 Å². The van der Waals surface area contributed by atoms with E-state index in [9.17, 15) is 9.90 Å². The molecule has 0 aliphatic heterocycles. The molecule has 0 aliphatic carbocycles. The van der Waals surface area contributed by atoms with E-state index < -0.39 is 6.10 Å². The lowest BCUT2D eigenvalue weighted by molar-refractivity contribution is -0.154. The van der Waals surface area contributed by atoms with Crippen LogP contribution < -0.4 is 0 Å². The molecule has 0 rings (SSSR count). The van der Waals surface area contributed by atoms with Crippen molar-refractivity contribution in [1.29, 1.82) is 0 Å². The first-order valence-corrected chi connectivity index (χ1v) is 25.1. The van der Waals surface area contributed by atoms with Crippen molar-refractivity contribution in [3.8, 4) is 0 Å². The highest BCUT2D eigenvalue weighted by molar-refractivity contribution is 5.69. The topological polar surface area (TPSA) is 55.8 Å². The summed E-state index contributed by atoms with van der Waals surface area (Å²) in [4.78, 5) is 12.3. The predicted octanol–water partition coefficient (Wildman–Crippen LogP) is 17.2. The lowest BCUT2D eigenvalue weighted by atomic mass is 10.1. The maximum Gasteiger partial charge on any atom is 0.306 e. The fourth-order valence-corrected chi connectivity index (χ4v) is 6.62. The van der Waals surface area contributed by atoms with Crippen LogP contribution in [0.25, 0.3) is 0 Å². The Hall–Kier alpha value is -3.21. The van der Waals surface area contributed by atoms with Crippen molar-refractivity contribution in [2.45, 2.75) is 213 Å². The number of allylic oxidation sites excluding steroid dienone is 20. The summed E-state index contributed by atoms with van der Waals surface area (Å²) in [7, 11) is 0. The number of unbranched alkanes of at least 4 members (excludes halogenated alkanes) is 17. The highest BCUT2D eigenvalue weighted by Gasteiger charge is 2.13. The van der Waals surface area contributed by atoms with Crippen LogP contribution in [0.4, 0.5) is 0 Å². The minimum absolute atomic E-state index is 0.185. The number of aliphatic hydroxyl groups is 1. The van der Waals surface area contributed by atoms with E-state index in [2.05, 4.69) is 135 Å². The predicted molar refractivity (Wildman–Crippen MR) is 269 cm³/mol. The first-order valence-electron chi connectivity index (χ1n) is 25.1. The smallest absolute Gasteiger partial charge is 0.306 e. The molecule has 0 saturated heterocycles. The zero-order valence-corrected chi connectivity index (χ0v) is 39.6. The van der Waals surface area contributed by atoms with Gasteiger partial charge in [-0.1, -0.05) is 219 Å². The average Bonchev–Trinajstić information content (AvgIpc) is 3.27. The molecule has 0 amide bonds. The van der Waals surface area contributed by atoms with E-state index in [0.29, 0.717) is 13.0 Å². The number of carbonyl (C=O) groups is 1. The Bertz CT molecular complexity index is 1210. The Balaban J connectivity index is 3.51. The minimum atomic E-state index is -0.553. The van der Waals surface area contributed by atoms with Gasteiger partial charge in [0.05, 0.1) is 13.2 Å². The second-order valence-corrected chi connectivity index (χ2v) is 16.1. The first kappa shape index (κ1) is 57.8. The van der Waals surface area contributed by atoms with E-state index in [1.54, 1.807) is 0 Å². The molecule has 1 atom stereocenters. The van der Waals surface area contributed by atoms with Gasteiger partial charge in [0.2, 0.25) is 0 Å². The molecule has 4 nitrogen and oxygen atoms in total. The van der Waals surface area contributed by atoms with Gasteiger partial charge in [-0.3, -0.25) is 4.79 Å². The summed E-state index contributed by atoms with van der Waals surface area (Å²) in [5, 5.41) is 9.66. The lowest BCUT2D eigenvalue weighted by Gasteiger charge is -2.16. The molecular weight excluding hydrogens is 749 g/mol. The van der Waals surface area contributed by atoms with E-state index in [0.717, 1.165) is 89.9 Å². The van der Waals surface area contributed by atoms with E-state index in [-0.39, 0.29) is 19.2 Å². The maximum absolute atomic E-state index is 12.3. The van der Waals surface area contributed by atoms with Gasteiger partial charge in [0.15, 0.2) is 0 Å². The third kappa shape index (κ3) is 51.0. The summed E-state index contributed by atoms with van der Waals surface area (Å²) in [6.45, 7) is 5.08. The van der Waals surface area contributed by atoms with E-state index in [1.165, 1.54) is 96.3 Å². The van der Waals surface area contributed by atoms with Gasteiger partial charge in [-0.25, -0.2) is 0 Å². The van der Waals surface area contributed by atoms with Gasteiger partial charge in [-0.05, 0) is 103 Å². The number of esters is 1. The summed E-state index contributed by atoms with van der Waals surface area (Å²) < 4.78 is 11.2. The van der Waals surface area contributed by atoms with Crippen LogP contribution in [0.1, 0.15) is 206 Å². The zero-order chi connectivity index (χ0) is 44.0. The molecule has 0 spiro atoms. The van der Waals surface area contributed by atoms with Crippen LogP contribution in [0.5, 0.6) is 0 Å². The number of ether oxygens (including phenoxy) is 2. The van der Waals surface area contributed by atoms with E-state index in [4.69, 9.17) is 9.47 Å². The highest BCUT2D eigenvalue weighted by atomic mass is 16.6. The summed E-state index contributed by atoms with van der Waals surface area (Å²) in [5.74, 6) is -0.215. The van der Waals surface area contributed by atoms with Crippen LogP contribution in [-0.2, 0) is 14.3 Å². The van der Waals surface area contributed by atoms with Crippen molar-refractivity contribution >= 4 is 5.97 Å². The molecule has 0 heterocycles. The van der Waals surface area contributed by atoms with E-state index in [1.807, 2.05) is 0 Å². The molecule has 346 valence electrons. The second-order valence-electron chi connectivity index (χ2n) is 16.1. The molecule has 0 aromatic heterocycles. The molecule has 0 fully saturated rings. The van der Waals surface area contributed by atoms with E-state index >= 15 is 0 Å². The van der Waals surface area contributed by atoms with Crippen molar-refractivity contribution in [3.05, 3.63) is 122 Å². The van der Waals surface area contributed by atoms with Crippen LogP contribution in [0.2, 0.25) is 0 Å². The average molecular weight is 843 g/mol. The number of aliphatic hydroxyl groups excluding tert-OH is 1. The van der Waals surface area contributed by atoms with Gasteiger partial charge in [0.25, 0.3) is 0 Å². The van der Waals surface area contributed by atoms with Gasteiger partial charge in [-0.2, -0.15) is 0 Å².